The van der Waals surface area contributed by atoms with Crippen LogP contribution in [0.1, 0.15) is 25.3 Å². The first-order chi connectivity index (χ1) is 13.8. The quantitative estimate of drug-likeness (QED) is 0.581. The fraction of sp³-hybridized carbons (Fsp3) is 0.190. The van der Waals surface area contributed by atoms with Crippen LogP contribution in [0.4, 0.5) is 15.8 Å². The van der Waals surface area contributed by atoms with Crippen LogP contribution in [0.2, 0.25) is 0 Å². The Morgan fingerprint density at radius 1 is 1.07 bits per heavy atom. The predicted molar refractivity (Wildman–Crippen MR) is 114 cm³/mol. The van der Waals surface area contributed by atoms with Crippen molar-refractivity contribution in [2.45, 2.75) is 24.0 Å². The van der Waals surface area contributed by atoms with Gasteiger partial charge in [0.05, 0.1) is 5.69 Å². The number of carbonyl (C=O) groups is 1. The topological polar surface area (TPSA) is 66.5 Å². The Kier molecular flexibility index (Phi) is 6.34. The lowest BCUT2D eigenvalue weighted by molar-refractivity contribution is -0.114. The minimum atomic E-state index is -3.97. The number of carbonyl (C=O) groups excluding carboxylic acids is 1. The second kappa shape index (κ2) is 8.75. The number of nitrogens with zero attached hydrogens (tertiary/aromatic N) is 1. The summed E-state index contributed by atoms with van der Waals surface area (Å²) in [7, 11) is -3.97. The van der Waals surface area contributed by atoms with Crippen LogP contribution in [-0.4, -0.2) is 20.9 Å². The van der Waals surface area contributed by atoms with Gasteiger partial charge in [0.25, 0.3) is 10.0 Å². The largest absolute Gasteiger partial charge is 0.324 e. The average Bonchev–Trinajstić information content (AvgIpc) is 3.23. The molecule has 1 amide bonds. The van der Waals surface area contributed by atoms with Gasteiger partial charge in [0.15, 0.2) is 0 Å². The lowest BCUT2D eigenvalue weighted by Gasteiger charge is -2.24. The van der Waals surface area contributed by atoms with E-state index >= 15 is 0 Å². The van der Waals surface area contributed by atoms with Crippen molar-refractivity contribution in [1.82, 2.24) is 0 Å². The van der Waals surface area contributed by atoms with E-state index in [9.17, 15) is 17.6 Å². The number of rotatable bonds is 7. The van der Waals surface area contributed by atoms with Gasteiger partial charge in [-0.05, 0) is 53.3 Å². The zero-order valence-corrected chi connectivity index (χ0v) is 17.6. The van der Waals surface area contributed by atoms with Crippen LogP contribution in [0.3, 0.4) is 0 Å². The number of thiophene rings is 1. The molecule has 0 saturated heterocycles. The standard InChI is InChI=1S/C21H21FN2O3S2/c1-15(2)18-6-3-4-7-19(18)23-20(25)14-24(17-11-9-16(22)10-12-17)29(26,27)21-8-5-13-28-21/h3-13,15H,14H2,1-2H3,(H,23,25). The van der Waals surface area contributed by atoms with Gasteiger partial charge in [-0.1, -0.05) is 38.1 Å². The molecule has 152 valence electrons. The van der Waals surface area contributed by atoms with E-state index in [1.807, 2.05) is 32.0 Å². The smallest absolute Gasteiger partial charge is 0.274 e. The summed E-state index contributed by atoms with van der Waals surface area (Å²) in [6, 6.07) is 15.5. The van der Waals surface area contributed by atoms with Crippen LogP contribution >= 0.6 is 11.3 Å². The van der Waals surface area contributed by atoms with E-state index < -0.39 is 28.3 Å². The zero-order valence-electron chi connectivity index (χ0n) is 16.0. The fourth-order valence-corrected chi connectivity index (χ4v) is 5.40. The predicted octanol–water partition coefficient (Wildman–Crippen LogP) is 4.84. The lowest BCUT2D eigenvalue weighted by atomic mass is 10.0. The van der Waals surface area contributed by atoms with E-state index in [-0.39, 0.29) is 15.8 Å². The third kappa shape index (κ3) is 4.83. The molecule has 0 unspecified atom stereocenters. The van der Waals surface area contributed by atoms with Gasteiger partial charge in [0, 0.05) is 5.69 Å². The molecule has 0 fully saturated rings. The maximum absolute atomic E-state index is 13.3. The summed E-state index contributed by atoms with van der Waals surface area (Å²) < 4.78 is 40.7. The molecule has 3 aromatic rings. The van der Waals surface area contributed by atoms with E-state index in [1.165, 1.54) is 18.2 Å². The molecule has 0 saturated carbocycles. The molecule has 0 radical (unpaired) electrons. The van der Waals surface area contributed by atoms with Crippen LogP contribution in [0.25, 0.3) is 0 Å². The minimum Gasteiger partial charge on any atom is -0.324 e. The van der Waals surface area contributed by atoms with Gasteiger partial charge in [-0.2, -0.15) is 0 Å². The van der Waals surface area contributed by atoms with Crippen LogP contribution in [0.15, 0.2) is 70.3 Å². The van der Waals surface area contributed by atoms with Gasteiger partial charge in [0.2, 0.25) is 5.91 Å². The summed E-state index contributed by atoms with van der Waals surface area (Å²) in [5.74, 6) is -0.783. The maximum atomic E-state index is 13.3. The first-order valence-electron chi connectivity index (χ1n) is 8.99. The van der Waals surface area contributed by atoms with Gasteiger partial charge in [-0.3, -0.25) is 9.10 Å². The highest BCUT2D eigenvalue weighted by atomic mass is 32.2. The molecule has 0 bridgehead atoms. The molecule has 0 aliphatic rings. The summed E-state index contributed by atoms with van der Waals surface area (Å²) in [6.07, 6.45) is 0. The summed E-state index contributed by atoms with van der Waals surface area (Å²) in [5.41, 5.74) is 1.81. The Bertz CT molecular complexity index is 1080. The number of sulfonamides is 1. The highest BCUT2D eigenvalue weighted by Crippen LogP contribution is 2.28. The molecule has 3 rings (SSSR count). The molecular weight excluding hydrogens is 411 g/mol. The first kappa shape index (κ1) is 21.0. The van der Waals surface area contributed by atoms with Gasteiger partial charge in [0.1, 0.15) is 16.6 Å². The monoisotopic (exact) mass is 432 g/mol. The Morgan fingerprint density at radius 2 is 1.76 bits per heavy atom. The first-order valence-corrected chi connectivity index (χ1v) is 11.3. The Labute approximate surface area is 173 Å². The van der Waals surface area contributed by atoms with E-state index in [0.717, 1.165) is 33.3 Å². The number of para-hydroxylation sites is 1. The fourth-order valence-electron chi connectivity index (χ4n) is 2.88. The van der Waals surface area contributed by atoms with Gasteiger partial charge in [-0.25, -0.2) is 12.8 Å². The molecule has 1 heterocycles. The van der Waals surface area contributed by atoms with Crippen LogP contribution in [0.5, 0.6) is 0 Å². The molecule has 1 N–H and O–H groups in total. The second-order valence-corrected chi connectivity index (χ2v) is 9.75. The number of amides is 1. The number of hydrogen-bond donors (Lipinski definition) is 1. The zero-order chi connectivity index (χ0) is 21.0. The molecule has 0 aliphatic carbocycles. The van der Waals surface area contributed by atoms with Crippen LogP contribution in [-0.2, 0) is 14.8 Å². The van der Waals surface area contributed by atoms with E-state index in [0.29, 0.717) is 5.69 Å². The van der Waals surface area contributed by atoms with Crippen molar-refractivity contribution in [1.29, 1.82) is 0 Å². The highest BCUT2D eigenvalue weighted by molar-refractivity contribution is 7.94. The third-order valence-electron chi connectivity index (χ3n) is 4.30. The molecule has 2 aromatic carbocycles. The van der Waals surface area contributed by atoms with Gasteiger partial charge >= 0.3 is 0 Å². The van der Waals surface area contributed by atoms with Crippen molar-refractivity contribution in [3.05, 3.63) is 77.4 Å². The van der Waals surface area contributed by atoms with Gasteiger partial charge < -0.3 is 5.32 Å². The minimum absolute atomic E-state index is 0.109. The number of hydrogen-bond acceptors (Lipinski definition) is 4. The van der Waals surface area contributed by atoms with E-state index in [2.05, 4.69) is 5.32 Å². The normalized spacial score (nSPS) is 11.4. The highest BCUT2D eigenvalue weighted by Gasteiger charge is 2.28. The average molecular weight is 433 g/mol. The number of nitrogens with one attached hydrogen (secondary N) is 1. The van der Waals surface area contributed by atoms with Crippen molar-refractivity contribution < 1.29 is 17.6 Å². The molecule has 8 heteroatoms. The summed E-state index contributed by atoms with van der Waals surface area (Å²) in [6.45, 7) is 3.59. The van der Waals surface area contributed by atoms with E-state index in [4.69, 9.17) is 0 Å². The molecule has 0 spiro atoms. The number of halogens is 1. The van der Waals surface area contributed by atoms with Gasteiger partial charge in [-0.15, -0.1) is 11.3 Å². The van der Waals surface area contributed by atoms with Crippen molar-refractivity contribution in [2.24, 2.45) is 0 Å². The molecular formula is C21H21FN2O3S2. The number of anilines is 2. The third-order valence-corrected chi connectivity index (χ3v) is 7.45. The summed E-state index contributed by atoms with van der Waals surface area (Å²) in [5, 5.41) is 4.45. The molecule has 0 aliphatic heterocycles. The van der Waals surface area contributed by atoms with Crippen molar-refractivity contribution in [3.63, 3.8) is 0 Å². The molecule has 5 nitrogen and oxygen atoms in total. The summed E-state index contributed by atoms with van der Waals surface area (Å²) >= 11 is 1.06. The lowest BCUT2D eigenvalue weighted by Crippen LogP contribution is -2.38. The Morgan fingerprint density at radius 3 is 2.38 bits per heavy atom. The van der Waals surface area contributed by atoms with E-state index in [1.54, 1.807) is 17.5 Å². The Balaban J connectivity index is 1.92. The number of benzene rings is 2. The van der Waals surface area contributed by atoms with Crippen LogP contribution < -0.4 is 9.62 Å². The van der Waals surface area contributed by atoms with Crippen molar-refractivity contribution >= 4 is 38.6 Å². The maximum Gasteiger partial charge on any atom is 0.274 e. The second-order valence-electron chi connectivity index (χ2n) is 6.71. The van der Waals surface area contributed by atoms with Crippen molar-refractivity contribution in [2.75, 3.05) is 16.2 Å². The Hall–Kier alpha value is -2.71. The van der Waals surface area contributed by atoms with Crippen LogP contribution in [0, 0.1) is 5.82 Å². The summed E-state index contributed by atoms with van der Waals surface area (Å²) in [4.78, 5) is 12.8. The molecule has 29 heavy (non-hydrogen) atoms. The molecule has 0 atom stereocenters. The SMILES string of the molecule is CC(C)c1ccccc1NC(=O)CN(c1ccc(F)cc1)S(=O)(=O)c1cccs1. The molecule has 1 aromatic heterocycles. The van der Waals surface area contributed by atoms with Crippen molar-refractivity contribution in [3.8, 4) is 0 Å².